The number of ketones is 1. The van der Waals surface area contributed by atoms with Gasteiger partial charge in [0.2, 0.25) is 0 Å². The third-order valence-corrected chi connectivity index (χ3v) is 6.78. The van der Waals surface area contributed by atoms with Crippen LogP contribution in [0, 0.1) is 11.2 Å². The maximum absolute atomic E-state index is 14.1. The number of piperidine rings is 1. The fraction of sp³-hybridized carbons (Fsp3) is 0.357. The van der Waals surface area contributed by atoms with Gasteiger partial charge in [0.05, 0.1) is 36.3 Å². The molecule has 192 valence electrons. The summed E-state index contributed by atoms with van der Waals surface area (Å²) >= 11 is 0. The quantitative estimate of drug-likeness (QED) is 0.472. The standard InChI is InChI=1S/C28H29FN4O4/c1-27(2,3)37-26(35)32-12-11-19-13-24-18(15-31-33(24)21-7-5-20(29)6-8-21)14-28(19,17-32)25(34)23-10-9-22(36-4)16-30-23/h5-10,13,15-16H,11-12,14,17H2,1-4H3/t28-/m0/s1. The molecule has 1 atom stereocenters. The Morgan fingerprint density at radius 2 is 1.84 bits per heavy atom. The van der Waals surface area contributed by atoms with Crippen molar-refractivity contribution in [2.45, 2.75) is 39.2 Å². The molecule has 1 amide bonds. The van der Waals surface area contributed by atoms with Crippen LogP contribution in [0.2, 0.25) is 0 Å². The van der Waals surface area contributed by atoms with Crippen LogP contribution in [-0.2, 0) is 11.2 Å². The molecule has 0 radical (unpaired) electrons. The number of methoxy groups -OCH3 is 1. The second-order valence-corrected chi connectivity index (χ2v) is 10.4. The summed E-state index contributed by atoms with van der Waals surface area (Å²) in [6.45, 7) is 6.05. The van der Waals surface area contributed by atoms with Crippen LogP contribution < -0.4 is 4.74 Å². The molecule has 1 aliphatic carbocycles. The van der Waals surface area contributed by atoms with Gasteiger partial charge < -0.3 is 14.4 Å². The van der Waals surface area contributed by atoms with Crippen molar-refractivity contribution in [2.75, 3.05) is 20.2 Å². The number of hydrogen-bond acceptors (Lipinski definition) is 6. The first kappa shape index (κ1) is 24.7. The number of carbonyl (C=O) groups is 2. The van der Waals surface area contributed by atoms with Gasteiger partial charge in [-0.1, -0.05) is 5.57 Å². The highest BCUT2D eigenvalue weighted by Gasteiger charge is 2.50. The van der Waals surface area contributed by atoms with E-state index in [0.29, 0.717) is 30.8 Å². The van der Waals surface area contributed by atoms with Crippen LogP contribution in [0.25, 0.3) is 11.8 Å². The minimum absolute atomic E-state index is 0.168. The molecule has 0 spiro atoms. The number of likely N-dealkylation sites (tertiary alicyclic amines) is 1. The van der Waals surface area contributed by atoms with E-state index in [4.69, 9.17) is 9.47 Å². The maximum Gasteiger partial charge on any atom is 0.410 e. The number of nitrogens with zero attached hydrogens (tertiary/aromatic N) is 4. The zero-order valence-electron chi connectivity index (χ0n) is 21.3. The molecule has 37 heavy (non-hydrogen) atoms. The first-order valence-corrected chi connectivity index (χ1v) is 12.2. The normalized spacial score (nSPS) is 18.9. The Kier molecular flexibility index (Phi) is 6.09. The number of pyridine rings is 1. The topological polar surface area (TPSA) is 86.6 Å². The smallest absolute Gasteiger partial charge is 0.410 e. The van der Waals surface area contributed by atoms with Gasteiger partial charge in [0, 0.05) is 13.1 Å². The number of fused-ring (bicyclic) bond motifs is 2. The molecule has 1 fully saturated rings. The van der Waals surface area contributed by atoms with E-state index < -0.39 is 17.1 Å². The van der Waals surface area contributed by atoms with Crippen LogP contribution in [0.1, 0.15) is 48.9 Å². The van der Waals surface area contributed by atoms with Gasteiger partial charge in [-0.25, -0.2) is 18.9 Å². The van der Waals surface area contributed by atoms with E-state index in [2.05, 4.69) is 10.1 Å². The molecule has 5 rings (SSSR count). The van der Waals surface area contributed by atoms with Crippen molar-refractivity contribution >= 4 is 18.0 Å². The molecular formula is C28H29FN4O4. The molecule has 0 bridgehead atoms. The van der Waals surface area contributed by atoms with Crippen molar-refractivity contribution < 1.29 is 23.5 Å². The predicted molar refractivity (Wildman–Crippen MR) is 135 cm³/mol. The molecule has 0 N–H and O–H groups in total. The monoisotopic (exact) mass is 504 g/mol. The summed E-state index contributed by atoms with van der Waals surface area (Å²) < 4.78 is 26.1. The first-order valence-electron chi connectivity index (χ1n) is 12.2. The lowest BCUT2D eigenvalue weighted by molar-refractivity contribution is 0.0138. The van der Waals surface area contributed by atoms with E-state index in [0.717, 1.165) is 22.5 Å². The second-order valence-electron chi connectivity index (χ2n) is 10.4. The Balaban J connectivity index is 1.56. The van der Waals surface area contributed by atoms with Gasteiger partial charge in [0.1, 0.15) is 22.9 Å². The minimum Gasteiger partial charge on any atom is -0.495 e. The molecule has 1 saturated heterocycles. The molecule has 9 heteroatoms. The van der Waals surface area contributed by atoms with Crippen molar-refractivity contribution in [1.82, 2.24) is 19.7 Å². The zero-order valence-corrected chi connectivity index (χ0v) is 21.3. The molecule has 0 unspecified atom stereocenters. The average molecular weight is 505 g/mol. The third-order valence-electron chi connectivity index (χ3n) is 6.78. The molecule has 3 aromatic rings. The van der Waals surface area contributed by atoms with E-state index >= 15 is 0 Å². The summed E-state index contributed by atoms with van der Waals surface area (Å²) in [6.07, 6.45) is 5.63. The lowest BCUT2D eigenvalue weighted by Crippen LogP contribution is -2.54. The summed E-state index contributed by atoms with van der Waals surface area (Å²) in [5.74, 6) is 0.0550. The van der Waals surface area contributed by atoms with Crippen LogP contribution >= 0.6 is 0 Å². The number of Topliss-reactive ketones (excluding diaryl/α,β-unsaturated/α-hetero) is 1. The molecule has 1 aliphatic heterocycles. The Morgan fingerprint density at radius 3 is 2.49 bits per heavy atom. The highest BCUT2D eigenvalue weighted by atomic mass is 19.1. The average Bonchev–Trinajstić information content (AvgIpc) is 3.28. The fourth-order valence-electron chi connectivity index (χ4n) is 5.00. The Hall–Kier alpha value is -4.01. The van der Waals surface area contributed by atoms with Crippen LogP contribution in [-0.4, -0.2) is 57.3 Å². The summed E-state index contributed by atoms with van der Waals surface area (Å²) in [4.78, 5) is 33.1. The number of amides is 1. The molecule has 3 heterocycles. The number of halogens is 1. The zero-order chi connectivity index (χ0) is 26.4. The van der Waals surface area contributed by atoms with Crippen LogP contribution in [0.3, 0.4) is 0 Å². The largest absolute Gasteiger partial charge is 0.495 e. The number of rotatable bonds is 4. The highest BCUT2D eigenvalue weighted by molar-refractivity contribution is 6.03. The lowest BCUT2D eigenvalue weighted by atomic mass is 9.65. The molecule has 2 aliphatic rings. The summed E-state index contributed by atoms with van der Waals surface area (Å²) in [5, 5.41) is 4.55. The first-order chi connectivity index (χ1) is 17.6. The SMILES string of the molecule is COc1ccc(C(=O)[C@]23Cc4cnn(-c5ccc(F)cc5)c4C=C2CCN(C(=O)OC(C)(C)C)C3)nc1. The molecule has 8 nitrogen and oxygen atoms in total. The van der Waals surface area contributed by atoms with Crippen molar-refractivity contribution in [3.05, 3.63) is 77.1 Å². The number of aromatic nitrogens is 3. The van der Waals surface area contributed by atoms with Crippen molar-refractivity contribution in [3.8, 4) is 11.4 Å². The second kappa shape index (κ2) is 9.14. The van der Waals surface area contributed by atoms with Gasteiger partial charge in [0.15, 0.2) is 5.78 Å². The Bertz CT molecular complexity index is 1370. The van der Waals surface area contributed by atoms with E-state index in [-0.39, 0.29) is 18.1 Å². The molecule has 0 saturated carbocycles. The molecule has 1 aromatic carbocycles. The molecular weight excluding hydrogens is 475 g/mol. The lowest BCUT2D eigenvalue weighted by Gasteiger charge is -2.45. The van der Waals surface area contributed by atoms with E-state index in [9.17, 15) is 14.0 Å². The van der Waals surface area contributed by atoms with Gasteiger partial charge in [-0.05, 0) is 81.7 Å². The summed E-state index contributed by atoms with van der Waals surface area (Å²) in [6, 6.07) is 9.47. The van der Waals surface area contributed by atoms with Gasteiger partial charge in [-0.2, -0.15) is 5.10 Å². The van der Waals surface area contributed by atoms with Gasteiger partial charge >= 0.3 is 6.09 Å². The number of benzene rings is 1. The van der Waals surface area contributed by atoms with E-state index in [1.54, 1.807) is 47.2 Å². The predicted octanol–water partition coefficient (Wildman–Crippen LogP) is 4.86. The Morgan fingerprint density at radius 1 is 1.08 bits per heavy atom. The van der Waals surface area contributed by atoms with Crippen LogP contribution in [0.15, 0.2) is 54.4 Å². The molecule has 2 aromatic heterocycles. The maximum atomic E-state index is 14.1. The van der Waals surface area contributed by atoms with Crippen molar-refractivity contribution in [2.24, 2.45) is 5.41 Å². The minimum atomic E-state index is -1.01. The van der Waals surface area contributed by atoms with E-state index in [1.807, 2.05) is 26.8 Å². The fourth-order valence-corrected chi connectivity index (χ4v) is 5.00. The number of hydrogen-bond donors (Lipinski definition) is 0. The van der Waals surface area contributed by atoms with Gasteiger partial charge in [-0.15, -0.1) is 0 Å². The van der Waals surface area contributed by atoms with Crippen LogP contribution in [0.4, 0.5) is 9.18 Å². The van der Waals surface area contributed by atoms with Crippen molar-refractivity contribution in [3.63, 3.8) is 0 Å². The number of ether oxygens (including phenoxy) is 2. The highest BCUT2D eigenvalue weighted by Crippen LogP contribution is 2.46. The van der Waals surface area contributed by atoms with Crippen molar-refractivity contribution in [1.29, 1.82) is 0 Å². The summed E-state index contributed by atoms with van der Waals surface area (Å²) in [5.41, 5.74) is 1.97. The third kappa shape index (κ3) is 4.61. The van der Waals surface area contributed by atoms with Gasteiger partial charge in [-0.3, -0.25) is 4.79 Å². The summed E-state index contributed by atoms with van der Waals surface area (Å²) in [7, 11) is 1.54. The Labute approximate surface area is 214 Å². The van der Waals surface area contributed by atoms with E-state index in [1.165, 1.54) is 18.3 Å². The number of carbonyl (C=O) groups excluding carboxylic acids is 2. The van der Waals surface area contributed by atoms with Gasteiger partial charge in [0.25, 0.3) is 0 Å². The van der Waals surface area contributed by atoms with Crippen LogP contribution in [0.5, 0.6) is 5.75 Å².